The largest absolute Gasteiger partial charge is 0.480 e. The van der Waals surface area contributed by atoms with Gasteiger partial charge < -0.3 is 14.9 Å². The van der Waals surface area contributed by atoms with Crippen LogP contribution in [0.1, 0.15) is 36.2 Å². The second kappa shape index (κ2) is 6.04. The van der Waals surface area contributed by atoms with E-state index in [1.807, 2.05) is 0 Å². The Morgan fingerprint density at radius 2 is 2.00 bits per heavy atom. The molecule has 0 unspecified atom stereocenters. The van der Waals surface area contributed by atoms with Crippen LogP contribution >= 0.6 is 11.6 Å². The van der Waals surface area contributed by atoms with E-state index < -0.39 is 17.4 Å². The van der Waals surface area contributed by atoms with E-state index in [0.29, 0.717) is 29.2 Å². The third-order valence-corrected chi connectivity index (χ3v) is 4.31. The molecule has 23 heavy (non-hydrogen) atoms. The predicted molar refractivity (Wildman–Crippen MR) is 83.3 cm³/mol. The average Bonchev–Trinajstić information content (AvgIpc) is 3.17. The number of amides is 1. The number of hydrogen-bond donors (Lipinski definition) is 2. The second-order valence-corrected chi connectivity index (χ2v) is 6.07. The van der Waals surface area contributed by atoms with Crippen LogP contribution in [0.3, 0.4) is 0 Å². The van der Waals surface area contributed by atoms with E-state index in [-0.39, 0.29) is 5.69 Å². The van der Waals surface area contributed by atoms with Gasteiger partial charge in [0.25, 0.3) is 5.91 Å². The van der Waals surface area contributed by atoms with E-state index in [1.165, 1.54) is 6.07 Å². The fourth-order valence-corrected chi connectivity index (χ4v) is 3.00. The van der Waals surface area contributed by atoms with E-state index >= 15 is 0 Å². The molecule has 1 aliphatic rings. The van der Waals surface area contributed by atoms with Crippen molar-refractivity contribution in [2.24, 2.45) is 0 Å². The molecule has 120 valence electrons. The van der Waals surface area contributed by atoms with Crippen LogP contribution in [0.25, 0.3) is 11.3 Å². The van der Waals surface area contributed by atoms with Crippen molar-refractivity contribution in [3.05, 3.63) is 41.0 Å². The molecule has 1 aromatic heterocycles. The Kier molecular flexibility index (Phi) is 4.09. The van der Waals surface area contributed by atoms with Crippen LogP contribution in [-0.2, 0) is 4.79 Å². The summed E-state index contributed by atoms with van der Waals surface area (Å²) in [5.41, 5.74) is -0.461. The Labute approximate surface area is 137 Å². The van der Waals surface area contributed by atoms with Crippen molar-refractivity contribution < 1.29 is 19.2 Å². The van der Waals surface area contributed by atoms with Crippen LogP contribution < -0.4 is 5.32 Å². The molecule has 2 N–H and O–H groups in total. The molecule has 1 amide bonds. The number of benzene rings is 1. The Bertz CT molecular complexity index is 750. The highest BCUT2D eigenvalue weighted by Crippen LogP contribution is 2.30. The van der Waals surface area contributed by atoms with E-state index in [9.17, 15) is 14.7 Å². The third kappa shape index (κ3) is 3.07. The molecule has 0 aliphatic heterocycles. The molecule has 0 atom stereocenters. The number of hydrogen-bond acceptors (Lipinski definition) is 4. The lowest BCUT2D eigenvalue weighted by Crippen LogP contribution is -2.52. The molecule has 0 saturated heterocycles. The summed E-state index contributed by atoms with van der Waals surface area (Å²) in [6.45, 7) is 0. The van der Waals surface area contributed by atoms with Crippen LogP contribution in [0.2, 0.25) is 5.02 Å². The quantitative estimate of drug-likeness (QED) is 0.896. The second-order valence-electron chi connectivity index (χ2n) is 5.64. The Balaban J connectivity index is 1.80. The molecule has 1 aromatic carbocycles. The minimum atomic E-state index is -1.20. The highest BCUT2D eigenvalue weighted by molar-refractivity contribution is 6.30. The van der Waals surface area contributed by atoms with Crippen LogP contribution in [0.4, 0.5) is 0 Å². The number of aromatic nitrogens is 1. The zero-order valence-electron chi connectivity index (χ0n) is 12.2. The summed E-state index contributed by atoms with van der Waals surface area (Å²) in [7, 11) is 0. The summed E-state index contributed by atoms with van der Waals surface area (Å²) in [5.74, 6) is -1.17. The van der Waals surface area contributed by atoms with Crippen molar-refractivity contribution in [1.82, 2.24) is 10.5 Å². The van der Waals surface area contributed by atoms with Crippen molar-refractivity contribution in [2.45, 2.75) is 31.2 Å². The molecule has 0 radical (unpaired) electrons. The van der Waals surface area contributed by atoms with Crippen LogP contribution in [0, 0.1) is 0 Å². The van der Waals surface area contributed by atoms with Gasteiger partial charge in [-0.3, -0.25) is 4.79 Å². The monoisotopic (exact) mass is 334 g/mol. The molecule has 1 fully saturated rings. The molecule has 0 spiro atoms. The van der Waals surface area contributed by atoms with Crippen LogP contribution in [-0.4, -0.2) is 27.7 Å². The minimum absolute atomic E-state index is 0.0486. The molecule has 1 saturated carbocycles. The molecule has 1 aliphatic carbocycles. The van der Waals surface area contributed by atoms with Gasteiger partial charge in [0.1, 0.15) is 5.54 Å². The minimum Gasteiger partial charge on any atom is -0.480 e. The van der Waals surface area contributed by atoms with Gasteiger partial charge in [-0.05, 0) is 25.0 Å². The van der Waals surface area contributed by atoms with Gasteiger partial charge in [-0.1, -0.05) is 41.7 Å². The standard InChI is InChI=1S/C16H15ClN2O4/c17-11-5-3-4-10(8-11)13-9-12(19-23-13)14(20)18-16(15(21)22)6-1-2-7-16/h3-5,8-9H,1-2,6-7H2,(H,18,20)(H,21,22). The molecule has 7 heteroatoms. The van der Waals surface area contributed by atoms with Crippen molar-refractivity contribution in [3.8, 4) is 11.3 Å². The van der Waals surface area contributed by atoms with Crippen molar-refractivity contribution in [1.29, 1.82) is 0 Å². The van der Waals surface area contributed by atoms with Crippen molar-refractivity contribution in [3.63, 3.8) is 0 Å². The highest BCUT2D eigenvalue weighted by Gasteiger charge is 2.43. The van der Waals surface area contributed by atoms with Gasteiger partial charge in [0.05, 0.1) is 0 Å². The topological polar surface area (TPSA) is 92.4 Å². The maximum absolute atomic E-state index is 12.3. The number of rotatable bonds is 4. The molecule has 1 heterocycles. The van der Waals surface area contributed by atoms with E-state index in [4.69, 9.17) is 16.1 Å². The summed E-state index contributed by atoms with van der Waals surface area (Å²) in [6.07, 6.45) is 2.40. The van der Waals surface area contributed by atoms with Gasteiger partial charge in [0.15, 0.2) is 11.5 Å². The fourth-order valence-electron chi connectivity index (χ4n) is 2.81. The number of aliphatic carboxylic acids is 1. The molecular weight excluding hydrogens is 320 g/mol. The summed E-state index contributed by atoms with van der Waals surface area (Å²) >= 11 is 5.92. The number of carbonyl (C=O) groups excluding carboxylic acids is 1. The highest BCUT2D eigenvalue weighted by atomic mass is 35.5. The summed E-state index contributed by atoms with van der Waals surface area (Å²) in [5, 5.41) is 16.3. The number of nitrogens with one attached hydrogen (secondary N) is 1. The number of carbonyl (C=O) groups is 2. The average molecular weight is 335 g/mol. The van der Waals surface area contributed by atoms with Crippen molar-refractivity contribution in [2.75, 3.05) is 0 Å². The third-order valence-electron chi connectivity index (χ3n) is 4.07. The number of carboxylic acid groups (broad SMARTS) is 1. The molecule has 3 rings (SSSR count). The zero-order valence-corrected chi connectivity index (χ0v) is 13.0. The molecular formula is C16H15ClN2O4. The smallest absolute Gasteiger partial charge is 0.329 e. The lowest BCUT2D eigenvalue weighted by Gasteiger charge is -2.24. The molecule has 0 bridgehead atoms. The van der Waals surface area contributed by atoms with E-state index in [1.54, 1.807) is 24.3 Å². The zero-order chi connectivity index (χ0) is 16.4. The Hall–Kier alpha value is -2.34. The van der Waals surface area contributed by atoms with Gasteiger partial charge in [0.2, 0.25) is 0 Å². The first-order chi connectivity index (χ1) is 11.0. The van der Waals surface area contributed by atoms with Gasteiger partial charge in [-0.25, -0.2) is 4.79 Å². The summed E-state index contributed by atoms with van der Waals surface area (Å²) in [6, 6.07) is 8.44. The Morgan fingerprint density at radius 3 is 2.65 bits per heavy atom. The van der Waals surface area contributed by atoms with E-state index in [0.717, 1.165) is 12.8 Å². The summed E-state index contributed by atoms with van der Waals surface area (Å²) in [4.78, 5) is 23.8. The number of carboxylic acids is 1. The first-order valence-corrected chi connectivity index (χ1v) is 7.66. The van der Waals surface area contributed by atoms with Crippen LogP contribution in [0.5, 0.6) is 0 Å². The summed E-state index contributed by atoms with van der Waals surface area (Å²) < 4.78 is 5.17. The van der Waals surface area contributed by atoms with Gasteiger partial charge >= 0.3 is 5.97 Å². The molecule has 2 aromatic rings. The maximum Gasteiger partial charge on any atom is 0.329 e. The first-order valence-electron chi connectivity index (χ1n) is 7.29. The van der Waals surface area contributed by atoms with Gasteiger partial charge in [-0.15, -0.1) is 0 Å². The normalized spacial score (nSPS) is 16.2. The number of nitrogens with zero attached hydrogens (tertiary/aromatic N) is 1. The SMILES string of the molecule is O=C(NC1(C(=O)O)CCCC1)c1cc(-c2cccc(Cl)c2)on1. The van der Waals surface area contributed by atoms with Gasteiger partial charge in [-0.2, -0.15) is 0 Å². The van der Waals surface area contributed by atoms with E-state index in [2.05, 4.69) is 10.5 Å². The first kappa shape index (κ1) is 15.6. The molecule has 6 nitrogen and oxygen atoms in total. The Morgan fingerprint density at radius 1 is 1.26 bits per heavy atom. The van der Waals surface area contributed by atoms with Gasteiger partial charge in [0, 0.05) is 16.7 Å². The fraction of sp³-hybridized carbons (Fsp3) is 0.312. The number of halogens is 1. The maximum atomic E-state index is 12.3. The lowest BCUT2D eigenvalue weighted by atomic mass is 9.97. The van der Waals surface area contributed by atoms with Crippen LogP contribution in [0.15, 0.2) is 34.9 Å². The van der Waals surface area contributed by atoms with Crippen molar-refractivity contribution >= 4 is 23.5 Å². The predicted octanol–water partition coefficient (Wildman–Crippen LogP) is 3.12. The lowest BCUT2D eigenvalue weighted by molar-refractivity contribution is -0.144.